The largest absolute Gasteiger partial charge is 0.378 e. The number of nitrogens with zero attached hydrogens (tertiary/aromatic N) is 1. The smallest absolute Gasteiger partial charge is 0.107 e. The van der Waals surface area contributed by atoms with Gasteiger partial charge in [-0.1, -0.05) is 6.92 Å². The number of aliphatic hydroxyl groups is 1. The van der Waals surface area contributed by atoms with Crippen molar-refractivity contribution in [3.63, 3.8) is 0 Å². The number of likely N-dealkylation sites (tertiary alicyclic amines) is 1. The number of hydrogen-bond acceptors (Lipinski definition) is 2. The molecule has 0 aromatic rings. The summed E-state index contributed by atoms with van der Waals surface area (Å²) < 4.78 is 0. The molecule has 9 heavy (non-hydrogen) atoms. The molecule has 0 saturated carbocycles. The Bertz CT molecular complexity index is 94.9. The molecular formula is C7H15NO. The Labute approximate surface area is 56.5 Å². The Morgan fingerprint density at radius 1 is 1.56 bits per heavy atom. The van der Waals surface area contributed by atoms with E-state index in [1.165, 1.54) is 6.42 Å². The van der Waals surface area contributed by atoms with Gasteiger partial charge in [0, 0.05) is 6.54 Å². The first kappa shape index (κ1) is 7.03. The molecule has 2 heteroatoms. The Balaban J connectivity index is 2.35. The number of aliphatic hydroxyl groups excluding tert-OH is 1. The van der Waals surface area contributed by atoms with Gasteiger partial charge in [-0.05, 0) is 25.8 Å². The van der Waals surface area contributed by atoms with Gasteiger partial charge < -0.3 is 5.11 Å². The molecule has 1 aliphatic heterocycles. The predicted molar refractivity (Wildman–Crippen MR) is 37.0 cm³/mol. The molecule has 1 fully saturated rings. The van der Waals surface area contributed by atoms with Gasteiger partial charge in [0.15, 0.2) is 0 Å². The first-order valence-electron chi connectivity index (χ1n) is 3.58. The standard InChI is InChI=1S/C7H15NO/c1-6-3-4-8(2)7(9)5-6/h6-7,9H,3-5H2,1-2H3. The summed E-state index contributed by atoms with van der Waals surface area (Å²) in [5, 5.41) is 9.27. The van der Waals surface area contributed by atoms with E-state index >= 15 is 0 Å². The fourth-order valence-electron chi connectivity index (χ4n) is 1.23. The minimum absolute atomic E-state index is 0.186. The van der Waals surface area contributed by atoms with Gasteiger partial charge in [0.25, 0.3) is 0 Å². The van der Waals surface area contributed by atoms with Gasteiger partial charge in [-0.15, -0.1) is 0 Å². The molecule has 0 aromatic carbocycles. The maximum atomic E-state index is 9.27. The van der Waals surface area contributed by atoms with E-state index in [1.54, 1.807) is 0 Å². The highest BCUT2D eigenvalue weighted by molar-refractivity contribution is 4.69. The molecule has 1 rings (SSSR count). The lowest BCUT2D eigenvalue weighted by molar-refractivity contribution is -0.0227. The summed E-state index contributed by atoms with van der Waals surface area (Å²) in [5.41, 5.74) is 0. The van der Waals surface area contributed by atoms with Gasteiger partial charge in [0.1, 0.15) is 6.23 Å². The quantitative estimate of drug-likeness (QED) is 0.519. The van der Waals surface area contributed by atoms with Crippen molar-refractivity contribution in [2.75, 3.05) is 13.6 Å². The predicted octanol–water partition coefficient (Wildman–Crippen LogP) is 0.667. The van der Waals surface area contributed by atoms with E-state index in [1.807, 2.05) is 11.9 Å². The van der Waals surface area contributed by atoms with Crippen LogP contribution in [0.2, 0.25) is 0 Å². The molecule has 0 bridgehead atoms. The van der Waals surface area contributed by atoms with Crippen LogP contribution in [0.25, 0.3) is 0 Å². The second-order valence-electron chi connectivity index (χ2n) is 3.09. The third-order valence-corrected chi connectivity index (χ3v) is 2.10. The zero-order chi connectivity index (χ0) is 6.85. The Hall–Kier alpha value is -0.0800. The first-order chi connectivity index (χ1) is 4.20. The van der Waals surface area contributed by atoms with E-state index < -0.39 is 0 Å². The summed E-state index contributed by atoms with van der Waals surface area (Å²) in [7, 11) is 1.97. The van der Waals surface area contributed by atoms with Crippen molar-refractivity contribution in [2.24, 2.45) is 5.92 Å². The fourth-order valence-corrected chi connectivity index (χ4v) is 1.23. The van der Waals surface area contributed by atoms with Crippen LogP contribution in [0.15, 0.2) is 0 Å². The van der Waals surface area contributed by atoms with Gasteiger partial charge >= 0.3 is 0 Å². The van der Waals surface area contributed by atoms with Crippen LogP contribution in [0.3, 0.4) is 0 Å². The second kappa shape index (κ2) is 2.67. The maximum absolute atomic E-state index is 9.27. The molecule has 0 aliphatic carbocycles. The topological polar surface area (TPSA) is 23.5 Å². The Morgan fingerprint density at radius 3 is 2.67 bits per heavy atom. The average molecular weight is 129 g/mol. The third kappa shape index (κ3) is 1.66. The molecular weight excluding hydrogens is 114 g/mol. The Kier molecular flexibility index (Phi) is 2.09. The van der Waals surface area contributed by atoms with E-state index in [9.17, 15) is 5.11 Å². The van der Waals surface area contributed by atoms with E-state index in [0.717, 1.165) is 13.0 Å². The molecule has 0 radical (unpaired) electrons. The molecule has 1 heterocycles. The molecule has 2 unspecified atom stereocenters. The van der Waals surface area contributed by atoms with Gasteiger partial charge in [0.05, 0.1) is 0 Å². The number of piperidine rings is 1. The summed E-state index contributed by atoms with van der Waals surface area (Å²) in [6.07, 6.45) is 1.98. The van der Waals surface area contributed by atoms with Crippen molar-refractivity contribution >= 4 is 0 Å². The molecule has 0 amide bonds. The first-order valence-corrected chi connectivity index (χ1v) is 3.58. The van der Waals surface area contributed by atoms with Crippen LogP contribution in [0.1, 0.15) is 19.8 Å². The van der Waals surface area contributed by atoms with Crippen LogP contribution in [-0.2, 0) is 0 Å². The molecule has 1 saturated heterocycles. The van der Waals surface area contributed by atoms with E-state index in [2.05, 4.69) is 6.92 Å². The zero-order valence-corrected chi connectivity index (χ0v) is 6.17. The van der Waals surface area contributed by atoms with Crippen molar-refractivity contribution in [2.45, 2.75) is 26.0 Å². The van der Waals surface area contributed by atoms with Crippen molar-refractivity contribution in [1.82, 2.24) is 4.90 Å². The SMILES string of the molecule is CC1CCN(C)C(O)C1. The lowest BCUT2D eigenvalue weighted by atomic mass is 9.98. The van der Waals surface area contributed by atoms with Crippen LogP contribution < -0.4 is 0 Å². The summed E-state index contributed by atoms with van der Waals surface area (Å²) >= 11 is 0. The van der Waals surface area contributed by atoms with E-state index in [4.69, 9.17) is 0 Å². The molecule has 2 atom stereocenters. The van der Waals surface area contributed by atoms with Crippen LogP contribution >= 0.6 is 0 Å². The van der Waals surface area contributed by atoms with Crippen LogP contribution in [0, 0.1) is 5.92 Å². The van der Waals surface area contributed by atoms with E-state index in [0.29, 0.717) is 5.92 Å². The fraction of sp³-hybridized carbons (Fsp3) is 1.00. The summed E-state index contributed by atoms with van der Waals surface area (Å²) in [6.45, 7) is 3.23. The number of hydrogen-bond donors (Lipinski definition) is 1. The van der Waals surface area contributed by atoms with Crippen LogP contribution in [0.4, 0.5) is 0 Å². The van der Waals surface area contributed by atoms with Gasteiger partial charge in [-0.3, -0.25) is 4.90 Å². The van der Waals surface area contributed by atoms with Gasteiger partial charge in [-0.2, -0.15) is 0 Å². The Morgan fingerprint density at radius 2 is 2.22 bits per heavy atom. The minimum Gasteiger partial charge on any atom is -0.378 e. The third-order valence-electron chi connectivity index (χ3n) is 2.10. The monoisotopic (exact) mass is 129 g/mol. The lowest BCUT2D eigenvalue weighted by Gasteiger charge is -2.31. The highest BCUT2D eigenvalue weighted by Gasteiger charge is 2.20. The van der Waals surface area contributed by atoms with Crippen molar-refractivity contribution in [3.05, 3.63) is 0 Å². The lowest BCUT2D eigenvalue weighted by Crippen LogP contribution is -2.38. The van der Waals surface area contributed by atoms with Gasteiger partial charge in [0.2, 0.25) is 0 Å². The highest BCUT2D eigenvalue weighted by atomic mass is 16.3. The zero-order valence-electron chi connectivity index (χ0n) is 6.17. The molecule has 1 N–H and O–H groups in total. The van der Waals surface area contributed by atoms with Crippen molar-refractivity contribution in [1.29, 1.82) is 0 Å². The molecule has 2 nitrogen and oxygen atoms in total. The van der Waals surface area contributed by atoms with Crippen molar-refractivity contribution in [3.8, 4) is 0 Å². The van der Waals surface area contributed by atoms with E-state index in [-0.39, 0.29) is 6.23 Å². The minimum atomic E-state index is -0.186. The second-order valence-corrected chi connectivity index (χ2v) is 3.09. The summed E-state index contributed by atoms with van der Waals surface area (Å²) in [5.74, 6) is 0.705. The molecule has 0 aromatic heterocycles. The van der Waals surface area contributed by atoms with Crippen LogP contribution in [-0.4, -0.2) is 29.8 Å². The highest BCUT2D eigenvalue weighted by Crippen LogP contribution is 2.18. The maximum Gasteiger partial charge on any atom is 0.107 e. The van der Waals surface area contributed by atoms with Crippen LogP contribution in [0.5, 0.6) is 0 Å². The normalized spacial score (nSPS) is 39.0. The number of rotatable bonds is 0. The summed E-state index contributed by atoms with van der Waals surface area (Å²) in [6, 6.07) is 0. The van der Waals surface area contributed by atoms with Crippen molar-refractivity contribution < 1.29 is 5.11 Å². The molecule has 1 aliphatic rings. The summed E-state index contributed by atoms with van der Waals surface area (Å²) in [4.78, 5) is 2.00. The van der Waals surface area contributed by atoms with Gasteiger partial charge in [-0.25, -0.2) is 0 Å². The molecule has 0 spiro atoms. The molecule has 54 valence electrons. The average Bonchev–Trinajstić information content (AvgIpc) is 1.80.